The molecule has 0 radical (unpaired) electrons. The zero-order valence-electron chi connectivity index (χ0n) is 21.8. The molecule has 2 bridgehead atoms. The minimum atomic E-state index is -5.05. The van der Waals surface area contributed by atoms with Gasteiger partial charge in [-0.15, -0.1) is 0 Å². The lowest BCUT2D eigenvalue weighted by atomic mass is 10.1. The van der Waals surface area contributed by atoms with Crippen LogP contribution in [-0.2, 0) is 27.8 Å². The second kappa shape index (κ2) is 10.2. The molecule has 3 fully saturated rings. The number of hydrogen-bond acceptors (Lipinski definition) is 17. The monoisotopic (exact) mass is 625 g/mol. The lowest BCUT2D eigenvalue weighted by molar-refractivity contribution is -0.123. The lowest BCUT2D eigenvalue weighted by Gasteiger charge is -2.27. The number of halogens is 1. The molecule has 0 aromatic carbocycles. The average Bonchev–Trinajstić information content (AvgIpc) is 3.71. The first-order valence-corrected chi connectivity index (χ1v) is 14.3. The number of phosphoric acid groups is 1. The molecule has 0 amide bonds. The number of hydrogen-bond donors (Lipinski definition) is 6. The van der Waals surface area contributed by atoms with Gasteiger partial charge in [0.2, 0.25) is 5.95 Å². The summed E-state index contributed by atoms with van der Waals surface area (Å²) in [4.78, 5) is 34.7. The topological polar surface area (TPSA) is 289 Å². The predicted octanol–water partition coefficient (Wildman–Crippen LogP) is -1.83. The van der Waals surface area contributed by atoms with Crippen molar-refractivity contribution in [2.75, 3.05) is 30.4 Å². The fourth-order valence-corrected chi connectivity index (χ4v) is 6.36. The third-order valence-electron chi connectivity index (χ3n) is 7.41. The molecule has 0 aliphatic carbocycles. The van der Waals surface area contributed by atoms with Gasteiger partial charge < -0.3 is 46.5 Å². The predicted molar refractivity (Wildman–Crippen MR) is 139 cm³/mol. The number of rotatable bonds is 2. The van der Waals surface area contributed by atoms with E-state index in [1.807, 2.05) is 0 Å². The molecule has 43 heavy (non-hydrogen) atoms. The maximum atomic E-state index is 15.8. The van der Waals surface area contributed by atoms with Gasteiger partial charge in [-0.3, -0.25) is 18.2 Å². The number of aliphatic hydroxyl groups is 2. The number of nitrogens with zero attached hydrogens (tertiary/aromatic N) is 8. The van der Waals surface area contributed by atoms with E-state index in [0.717, 1.165) is 0 Å². The van der Waals surface area contributed by atoms with Gasteiger partial charge in [0.15, 0.2) is 41.6 Å². The highest BCUT2D eigenvalue weighted by Crippen LogP contribution is 2.51. The van der Waals surface area contributed by atoms with Gasteiger partial charge in [0.05, 0.1) is 25.9 Å². The Balaban J connectivity index is 1.19. The largest absolute Gasteiger partial charge is 0.472 e. The Bertz CT molecular complexity index is 1740. The second-order valence-electron chi connectivity index (χ2n) is 10.1. The zero-order chi connectivity index (χ0) is 30.2. The average molecular weight is 625 g/mol. The number of alkyl halides is 1. The molecule has 10 unspecified atom stereocenters. The molecular formula is C21H25FN11O9P. The van der Waals surface area contributed by atoms with Crippen molar-refractivity contribution in [2.45, 2.75) is 55.3 Å². The third kappa shape index (κ3) is 4.65. The van der Waals surface area contributed by atoms with Crippen LogP contribution in [0.5, 0.6) is 0 Å². The molecule has 4 aromatic heterocycles. The molecule has 10 atom stereocenters. The van der Waals surface area contributed by atoms with Crippen LogP contribution in [0.3, 0.4) is 0 Å². The summed E-state index contributed by atoms with van der Waals surface area (Å²) in [6.45, 7) is -1.18. The van der Waals surface area contributed by atoms with Crippen molar-refractivity contribution < 1.29 is 47.3 Å². The van der Waals surface area contributed by atoms with Gasteiger partial charge in [-0.2, -0.15) is 9.97 Å². The van der Waals surface area contributed by atoms with Crippen molar-refractivity contribution in [3.63, 3.8) is 0 Å². The first kappa shape index (κ1) is 28.1. The van der Waals surface area contributed by atoms with Crippen molar-refractivity contribution >= 4 is 47.7 Å². The second-order valence-corrected chi connectivity index (χ2v) is 11.5. The molecular weight excluding hydrogens is 600 g/mol. The van der Waals surface area contributed by atoms with E-state index in [0.29, 0.717) is 0 Å². The molecule has 3 aliphatic rings. The van der Waals surface area contributed by atoms with E-state index in [-0.39, 0.29) is 39.9 Å². The van der Waals surface area contributed by atoms with Crippen LogP contribution in [0.2, 0.25) is 0 Å². The molecule has 230 valence electrons. The van der Waals surface area contributed by atoms with E-state index < -0.39 is 76.3 Å². The summed E-state index contributed by atoms with van der Waals surface area (Å²) in [5, 5.41) is 22.1. The van der Waals surface area contributed by atoms with Gasteiger partial charge in [-0.25, -0.2) is 28.9 Å². The number of aromatic nitrogens is 8. The molecule has 7 heterocycles. The van der Waals surface area contributed by atoms with Crippen molar-refractivity contribution in [2.24, 2.45) is 0 Å². The maximum Gasteiger partial charge on any atom is 0.472 e. The van der Waals surface area contributed by atoms with Crippen LogP contribution in [0.4, 0.5) is 22.0 Å². The summed E-state index contributed by atoms with van der Waals surface area (Å²) >= 11 is 0. The zero-order valence-corrected chi connectivity index (χ0v) is 22.7. The summed E-state index contributed by atoms with van der Waals surface area (Å²) < 4.78 is 59.5. The Morgan fingerprint density at radius 3 is 2.37 bits per heavy atom. The van der Waals surface area contributed by atoms with Gasteiger partial charge in [-0.1, -0.05) is 0 Å². The van der Waals surface area contributed by atoms with E-state index in [9.17, 15) is 19.7 Å². The minimum Gasteiger partial charge on any atom is -0.388 e. The Kier molecular flexibility index (Phi) is 6.68. The number of imidazole rings is 2. The molecule has 20 nitrogen and oxygen atoms in total. The molecule has 3 saturated heterocycles. The van der Waals surface area contributed by atoms with Crippen molar-refractivity contribution in [3.8, 4) is 0 Å². The Morgan fingerprint density at radius 2 is 1.60 bits per heavy atom. The number of nitrogen functional groups attached to an aromatic ring is 3. The first-order valence-electron chi connectivity index (χ1n) is 12.8. The van der Waals surface area contributed by atoms with E-state index >= 15 is 4.39 Å². The number of phosphoric ester groups is 1. The SMILES string of the molecule is Nc1nc(N)c2ncn(C3OC4C(O)COC5C(COP(=O)(O)OC3C4F)OC(n3cnc4c(N)ncnc43)C5O)c2n1. The van der Waals surface area contributed by atoms with Crippen LogP contribution in [-0.4, -0.2) is 110 Å². The molecule has 7 rings (SSSR count). The first-order chi connectivity index (χ1) is 20.5. The molecule has 22 heteroatoms. The summed E-state index contributed by atoms with van der Waals surface area (Å²) in [7, 11) is -5.05. The van der Waals surface area contributed by atoms with Gasteiger partial charge in [0.1, 0.15) is 54.0 Å². The van der Waals surface area contributed by atoms with Crippen LogP contribution in [0.25, 0.3) is 22.3 Å². The third-order valence-corrected chi connectivity index (χ3v) is 8.40. The summed E-state index contributed by atoms with van der Waals surface area (Å²) in [5.74, 6) is -0.182. The number of nitrogens with two attached hydrogens (primary N) is 3. The molecule has 0 saturated carbocycles. The highest BCUT2D eigenvalue weighted by atomic mass is 31.2. The number of anilines is 3. The van der Waals surface area contributed by atoms with E-state index in [1.165, 1.54) is 28.1 Å². The van der Waals surface area contributed by atoms with Crippen LogP contribution in [0.15, 0.2) is 19.0 Å². The van der Waals surface area contributed by atoms with Gasteiger partial charge in [-0.05, 0) is 0 Å². The van der Waals surface area contributed by atoms with E-state index in [1.54, 1.807) is 0 Å². The fourth-order valence-electron chi connectivity index (χ4n) is 5.44. The van der Waals surface area contributed by atoms with Crippen LogP contribution in [0.1, 0.15) is 12.5 Å². The van der Waals surface area contributed by atoms with E-state index in [2.05, 4.69) is 29.9 Å². The maximum absolute atomic E-state index is 15.8. The number of aliphatic hydroxyl groups excluding tert-OH is 2. The van der Waals surface area contributed by atoms with Gasteiger partial charge in [0, 0.05) is 0 Å². The summed E-state index contributed by atoms with van der Waals surface area (Å²) in [6, 6.07) is 0. The van der Waals surface area contributed by atoms with Crippen LogP contribution < -0.4 is 17.2 Å². The van der Waals surface area contributed by atoms with Crippen LogP contribution >= 0.6 is 7.82 Å². The quantitative estimate of drug-likeness (QED) is 0.133. The molecule has 0 spiro atoms. The summed E-state index contributed by atoms with van der Waals surface area (Å²) in [5.41, 5.74) is 18.0. The lowest BCUT2D eigenvalue weighted by Crippen LogP contribution is -2.44. The van der Waals surface area contributed by atoms with Gasteiger partial charge in [0.25, 0.3) is 0 Å². The number of fused-ring (bicyclic) bond motifs is 5. The smallest absolute Gasteiger partial charge is 0.388 e. The minimum absolute atomic E-state index is 0.0244. The normalized spacial score (nSPS) is 36.9. The summed E-state index contributed by atoms with van der Waals surface area (Å²) in [6.07, 6.45) is -10.0. The molecule has 4 aromatic rings. The Morgan fingerprint density at radius 1 is 0.884 bits per heavy atom. The van der Waals surface area contributed by atoms with Crippen molar-refractivity contribution in [1.29, 1.82) is 0 Å². The standard InChI is InChI=1S/C21H25FN11O9P/c22-8-12-6(34)1-38-13-7(40-19(11(13)35)32-4-28-9-15(23)26-3-27-17(9)32)2-39-43(36,37)42-14(8)20(41-12)33-5-29-10-16(24)30-21(25)31-18(10)33/h3-8,11-14,19-20,34-35H,1-2H2,(H,36,37)(H2,23,26,27)(H4,24,25,30,31). The molecule has 3 aliphatic heterocycles. The van der Waals surface area contributed by atoms with E-state index in [4.69, 9.17) is 40.5 Å². The highest BCUT2D eigenvalue weighted by molar-refractivity contribution is 7.47. The highest BCUT2D eigenvalue weighted by Gasteiger charge is 2.55. The fraction of sp³-hybridized carbons (Fsp3) is 0.524. The van der Waals surface area contributed by atoms with Crippen molar-refractivity contribution in [3.05, 3.63) is 19.0 Å². The Labute approximate surface area is 239 Å². The Hall–Kier alpha value is -3.66. The molecule has 9 N–H and O–H groups in total. The van der Waals surface area contributed by atoms with Crippen LogP contribution in [0, 0.1) is 0 Å². The van der Waals surface area contributed by atoms with Crippen molar-refractivity contribution in [1.82, 2.24) is 39.0 Å². The van der Waals surface area contributed by atoms with Gasteiger partial charge >= 0.3 is 7.82 Å². The number of ether oxygens (including phenoxy) is 3.